The Morgan fingerprint density at radius 1 is 1.07 bits per heavy atom. The van der Waals surface area contributed by atoms with Crippen LogP contribution in [0.1, 0.15) is 21.6 Å². The Balaban J connectivity index is 1.84. The average Bonchev–Trinajstić information content (AvgIpc) is 3.01. The molecular formula is C17H10F6N4O. The molecule has 0 aliphatic heterocycles. The van der Waals surface area contributed by atoms with Crippen molar-refractivity contribution in [3.63, 3.8) is 0 Å². The second-order valence-electron chi connectivity index (χ2n) is 5.67. The minimum Gasteiger partial charge on any atom is -0.306 e. The summed E-state index contributed by atoms with van der Waals surface area (Å²) in [6.07, 6.45) is -3.49. The first kappa shape index (κ1) is 19.4. The molecule has 5 nitrogen and oxygen atoms in total. The number of nitrogens with one attached hydrogen (secondary N) is 2. The molecule has 0 atom stereocenters. The van der Waals surface area contributed by atoms with E-state index < -0.39 is 40.8 Å². The molecule has 0 bridgehead atoms. The van der Waals surface area contributed by atoms with Crippen molar-refractivity contribution in [1.29, 1.82) is 0 Å². The predicted octanol–water partition coefficient (Wildman–Crippen LogP) is 4.47. The summed E-state index contributed by atoms with van der Waals surface area (Å²) in [5.74, 6) is -5.73. The Hall–Kier alpha value is -3.37. The molecule has 1 aromatic carbocycles. The van der Waals surface area contributed by atoms with E-state index in [-0.39, 0.29) is 22.6 Å². The number of anilines is 1. The zero-order valence-corrected chi connectivity index (χ0v) is 14.0. The number of amides is 1. The Kier molecular flexibility index (Phi) is 4.84. The highest BCUT2D eigenvalue weighted by Gasteiger charge is 2.36. The number of pyridine rings is 1. The molecule has 2 aromatic heterocycles. The molecule has 0 aliphatic carbocycles. The summed E-state index contributed by atoms with van der Waals surface area (Å²) >= 11 is 0. The number of carbonyl (C=O) groups is 1. The van der Waals surface area contributed by atoms with E-state index in [9.17, 15) is 31.1 Å². The summed E-state index contributed by atoms with van der Waals surface area (Å²) in [7, 11) is 0. The quantitative estimate of drug-likeness (QED) is 0.504. The van der Waals surface area contributed by atoms with Gasteiger partial charge in [-0.2, -0.15) is 18.3 Å². The molecule has 0 saturated carbocycles. The van der Waals surface area contributed by atoms with E-state index in [0.717, 1.165) is 6.20 Å². The highest BCUT2D eigenvalue weighted by Crippen LogP contribution is 2.34. The summed E-state index contributed by atoms with van der Waals surface area (Å²) in [6.45, 7) is 1.23. The molecule has 0 unspecified atom stereocenters. The number of benzene rings is 1. The van der Waals surface area contributed by atoms with E-state index in [1.807, 2.05) is 0 Å². The fourth-order valence-electron chi connectivity index (χ4n) is 2.48. The highest BCUT2D eigenvalue weighted by atomic mass is 19.4. The third kappa shape index (κ3) is 3.55. The van der Waals surface area contributed by atoms with Crippen LogP contribution >= 0.6 is 0 Å². The molecule has 0 spiro atoms. The molecule has 3 aromatic rings. The van der Waals surface area contributed by atoms with Gasteiger partial charge in [-0.15, -0.1) is 0 Å². The summed E-state index contributed by atoms with van der Waals surface area (Å²) in [6, 6.07) is 3.66. The fraction of sp³-hybridized carbons (Fsp3) is 0.118. The van der Waals surface area contributed by atoms with Crippen LogP contribution in [-0.4, -0.2) is 21.1 Å². The van der Waals surface area contributed by atoms with Crippen LogP contribution in [0.15, 0.2) is 30.5 Å². The zero-order chi connectivity index (χ0) is 20.6. The number of hydrogen-bond donors (Lipinski definition) is 2. The van der Waals surface area contributed by atoms with Gasteiger partial charge in [-0.25, -0.2) is 18.2 Å². The minimum atomic E-state index is -4.63. The first-order valence-electron chi connectivity index (χ1n) is 7.63. The van der Waals surface area contributed by atoms with Crippen LogP contribution in [-0.2, 0) is 6.18 Å². The fourth-order valence-corrected chi connectivity index (χ4v) is 2.48. The van der Waals surface area contributed by atoms with Gasteiger partial charge in [0.05, 0.1) is 5.69 Å². The zero-order valence-electron chi connectivity index (χ0n) is 14.0. The van der Waals surface area contributed by atoms with E-state index in [0.29, 0.717) is 12.1 Å². The van der Waals surface area contributed by atoms with Crippen LogP contribution < -0.4 is 5.32 Å². The Bertz CT molecular complexity index is 1040. The molecular weight excluding hydrogens is 390 g/mol. The SMILES string of the molecule is Cc1c(C(F)(F)F)n[nH]c1-c1ccc(NC(=O)c2c(F)ccc(F)c2F)nc1. The minimum absolute atomic E-state index is 0.0694. The van der Waals surface area contributed by atoms with Crippen molar-refractivity contribution in [1.82, 2.24) is 15.2 Å². The predicted molar refractivity (Wildman–Crippen MR) is 85.8 cm³/mol. The second-order valence-corrected chi connectivity index (χ2v) is 5.67. The molecule has 0 fully saturated rings. The number of aromatic amines is 1. The lowest BCUT2D eigenvalue weighted by Gasteiger charge is -2.08. The van der Waals surface area contributed by atoms with Crippen LogP contribution in [0.25, 0.3) is 11.3 Å². The van der Waals surface area contributed by atoms with Gasteiger partial charge >= 0.3 is 6.18 Å². The third-order valence-corrected chi connectivity index (χ3v) is 3.84. The van der Waals surface area contributed by atoms with Gasteiger partial charge in [0.15, 0.2) is 17.3 Å². The Morgan fingerprint density at radius 3 is 2.32 bits per heavy atom. The van der Waals surface area contributed by atoms with Gasteiger partial charge in [0.2, 0.25) is 0 Å². The molecule has 1 amide bonds. The summed E-state index contributed by atoms with van der Waals surface area (Å²) in [5.41, 5.74) is -2.03. The van der Waals surface area contributed by atoms with E-state index in [1.54, 1.807) is 0 Å². The van der Waals surface area contributed by atoms with E-state index >= 15 is 0 Å². The summed E-state index contributed by atoms with van der Waals surface area (Å²) in [4.78, 5) is 15.8. The molecule has 2 N–H and O–H groups in total. The maximum absolute atomic E-state index is 13.6. The Labute approximate surface area is 153 Å². The lowest BCUT2D eigenvalue weighted by atomic mass is 10.1. The van der Waals surface area contributed by atoms with E-state index in [1.165, 1.54) is 19.1 Å². The van der Waals surface area contributed by atoms with E-state index in [2.05, 4.69) is 20.5 Å². The normalized spacial score (nSPS) is 11.5. The van der Waals surface area contributed by atoms with Gasteiger partial charge in [-0.05, 0) is 31.2 Å². The van der Waals surface area contributed by atoms with Crippen LogP contribution in [0.3, 0.4) is 0 Å². The molecule has 0 radical (unpaired) electrons. The number of carbonyl (C=O) groups excluding carboxylic acids is 1. The third-order valence-electron chi connectivity index (χ3n) is 3.84. The van der Waals surface area contributed by atoms with Crippen molar-refractivity contribution < 1.29 is 31.1 Å². The number of hydrogen-bond acceptors (Lipinski definition) is 3. The lowest BCUT2D eigenvalue weighted by molar-refractivity contribution is -0.141. The monoisotopic (exact) mass is 400 g/mol. The highest BCUT2D eigenvalue weighted by molar-refractivity contribution is 6.04. The summed E-state index contributed by atoms with van der Waals surface area (Å²) < 4.78 is 78.9. The van der Waals surface area contributed by atoms with Crippen molar-refractivity contribution in [3.05, 3.63) is 64.7 Å². The number of nitrogens with zero attached hydrogens (tertiary/aromatic N) is 2. The van der Waals surface area contributed by atoms with Crippen molar-refractivity contribution >= 4 is 11.7 Å². The molecule has 0 aliphatic rings. The van der Waals surface area contributed by atoms with Crippen LogP contribution in [0.4, 0.5) is 32.2 Å². The molecule has 28 heavy (non-hydrogen) atoms. The average molecular weight is 400 g/mol. The molecule has 11 heteroatoms. The first-order valence-corrected chi connectivity index (χ1v) is 7.63. The number of halogens is 6. The number of rotatable bonds is 3. The smallest absolute Gasteiger partial charge is 0.306 e. The van der Waals surface area contributed by atoms with Crippen molar-refractivity contribution in [2.24, 2.45) is 0 Å². The topological polar surface area (TPSA) is 70.7 Å². The van der Waals surface area contributed by atoms with Gasteiger partial charge in [0.25, 0.3) is 5.91 Å². The van der Waals surface area contributed by atoms with Crippen LogP contribution in [0.5, 0.6) is 0 Å². The molecule has 2 heterocycles. The lowest BCUT2D eigenvalue weighted by Crippen LogP contribution is -2.17. The Morgan fingerprint density at radius 2 is 1.75 bits per heavy atom. The molecule has 146 valence electrons. The summed E-state index contributed by atoms with van der Waals surface area (Å²) in [5, 5.41) is 7.59. The maximum atomic E-state index is 13.6. The number of H-pyrrole nitrogens is 1. The van der Waals surface area contributed by atoms with Gasteiger partial charge in [-0.3, -0.25) is 9.89 Å². The molecule has 3 rings (SSSR count). The van der Waals surface area contributed by atoms with Crippen LogP contribution in [0, 0.1) is 24.4 Å². The number of aromatic nitrogens is 3. The molecule has 0 saturated heterocycles. The van der Waals surface area contributed by atoms with E-state index in [4.69, 9.17) is 0 Å². The second kappa shape index (κ2) is 6.98. The first-order chi connectivity index (χ1) is 13.1. The van der Waals surface area contributed by atoms with Crippen molar-refractivity contribution in [3.8, 4) is 11.3 Å². The van der Waals surface area contributed by atoms with Crippen molar-refractivity contribution in [2.75, 3.05) is 5.32 Å². The largest absolute Gasteiger partial charge is 0.435 e. The number of alkyl halides is 3. The maximum Gasteiger partial charge on any atom is 0.435 e. The van der Waals surface area contributed by atoms with Crippen LogP contribution in [0.2, 0.25) is 0 Å². The van der Waals surface area contributed by atoms with Gasteiger partial charge in [-0.1, -0.05) is 0 Å². The van der Waals surface area contributed by atoms with Gasteiger partial charge < -0.3 is 5.32 Å². The standard InChI is InChI=1S/C17H10F6N4O/c1-7-14(26-27-15(7)17(21,22)23)8-2-5-11(24-6-8)25-16(28)12-9(18)3-4-10(19)13(12)20/h2-6H,1H3,(H,26,27)(H,24,25,28). The van der Waals surface area contributed by atoms with Gasteiger partial charge in [0, 0.05) is 17.3 Å². The van der Waals surface area contributed by atoms with Gasteiger partial charge in [0.1, 0.15) is 17.2 Å². The van der Waals surface area contributed by atoms with Crippen molar-refractivity contribution in [2.45, 2.75) is 13.1 Å².